The van der Waals surface area contributed by atoms with Crippen LogP contribution in [-0.2, 0) is 9.31 Å². The third kappa shape index (κ3) is 2.84. The number of hydrogen-bond donors (Lipinski definition) is 0. The summed E-state index contributed by atoms with van der Waals surface area (Å²) in [6.07, 6.45) is 1.88. The normalized spacial score (nSPS) is 24.7. The molecule has 2 fully saturated rings. The van der Waals surface area contributed by atoms with Crippen LogP contribution in [0.5, 0.6) is 0 Å². The van der Waals surface area contributed by atoms with Crippen molar-refractivity contribution < 1.29 is 14.1 Å². The highest BCUT2D eigenvalue weighted by molar-refractivity contribution is 7.12. The van der Waals surface area contributed by atoms with Crippen LogP contribution in [0.25, 0.3) is 0 Å². The summed E-state index contributed by atoms with van der Waals surface area (Å²) in [7, 11) is -0.149. The van der Waals surface area contributed by atoms with Gasteiger partial charge in [0.05, 0.1) is 16.1 Å². The third-order valence-electron chi connectivity index (χ3n) is 5.22. The number of likely N-dealkylation sites (tertiary alicyclic amines) is 1. The van der Waals surface area contributed by atoms with Crippen molar-refractivity contribution in [2.45, 2.75) is 57.6 Å². The maximum atomic E-state index is 12.4. The van der Waals surface area contributed by atoms with Gasteiger partial charge in [-0.1, -0.05) is 6.07 Å². The number of nitrogens with zero attached hydrogens (tertiary/aromatic N) is 1. The molecule has 1 aromatic heterocycles. The molecule has 0 saturated carbocycles. The van der Waals surface area contributed by atoms with Gasteiger partial charge in [0.25, 0.3) is 5.91 Å². The largest absolute Gasteiger partial charge is 0.461 e. The van der Waals surface area contributed by atoms with Gasteiger partial charge in [-0.15, -0.1) is 11.3 Å². The standard InChI is InChI=1S/C16H24BNO3S/c1-15(2)16(3,4)21-17(20-15)12-7-9-18(10-8-12)14(19)13-6-5-11-22-13/h5-6,11-12H,7-10H2,1-4H3. The molecule has 0 N–H and O–H groups in total. The maximum Gasteiger partial charge on any atom is 0.461 e. The number of piperidine rings is 1. The molecule has 0 unspecified atom stereocenters. The van der Waals surface area contributed by atoms with E-state index in [9.17, 15) is 4.79 Å². The average Bonchev–Trinajstić information content (AvgIpc) is 3.05. The maximum absolute atomic E-state index is 12.4. The van der Waals surface area contributed by atoms with Crippen molar-refractivity contribution in [1.29, 1.82) is 0 Å². The van der Waals surface area contributed by atoms with Crippen molar-refractivity contribution in [2.24, 2.45) is 0 Å². The molecule has 0 spiro atoms. The van der Waals surface area contributed by atoms with Crippen LogP contribution in [0.1, 0.15) is 50.2 Å². The highest BCUT2D eigenvalue weighted by atomic mass is 32.1. The van der Waals surface area contributed by atoms with Crippen molar-refractivity contribution in [3.8, 4) is 0 Å². The minimum absolute atomic E-state index is 0.149. The second-order valence-electron chi connectivity index (χ2n) is 7.23. The lowest BCUT2D eigenvalue weighted by molar-refractivity contribution is 0.00578. The van der Waals surface area contributed by atoms with Gasteiger partial charge < -0.3 is 14.2 Å². The van der Waals surface area contributed by atoms with E-state index in [0.29, 0.717) is 5.82 Å². The summed E-state index contributed by atoms with van der Waals surface area (Å²) in [5.41, 5.74) is -0.552. The van der Waals surface area contributed by atoms with Crippen LogP contribution in [0.2, 0.25) is 5.82 Å². The summed E-state index contributed by atoms with van der Waals surface area (Å²) >= 11 is 1.51. The van der Waals surface area contributed by atoms with Crippen molar-refractivity contribution in [2.75, 3.05) is 13.1 Å². The van der Waals surface area contributed by atoms with Crippen LogP contribution >= 0.6 is 11.3 Å². The number of amides is 1. The third-order valence-corrected chi connectivity index (χ3v) is 6.07. The molecule has 0 atom stereocenters. The molecule has 4 nitrogen and oxygen atoms in total. The topological polar surface area (TPSA) is 38.8 Å². The molecule has 2 aliphatic heterocycles. The Hall–Kier alpha value is -0.845. The summed E-state index contributed by atoms with van der Waals surface area (Å²) in [5, 5.41) is 1.95. The van der Waals surface area contributed by atoms with Crippen molar-refractivity contribution >= 4 is 24.4 Å². The van der Waals surface area contributed by atoms with E-state index in [4.69, 9.17) is 9.31 Å². The fraction of sp³-hybridized carbons (Fsp3) is 0.688. The molecule has 0 radical (unpaired) electrons. The zero-order valence-corrected chi connectivity index (χ0v) is 14.6. The number of carbonyl (C=O) groups is 1. The SMILES string of the molecule is CC1(C)OB(C2CCN(C(=O)c3cccs3)CC2)OC1(C)C. The minimum atomic E-state index is -0.276. The fourth-order valence-corrected chi connectivity index (χ4v) is 3.70. The first kappa shape index (κ1) is 16.0. The Morgan fingerprint density at radius 3 is 2.32 bits per heavy atom. The average molecular weight is 321 g/mol. The van der Waals surface area contributed by atoms with E-state index in [-0.39, 0.29) is 24.2 Å². The van der Waals surface area contributed by atoms with Gasteiger partial charge >= 0.3 is 7.12 Å². The minimum Gasteiger partial charge on any atom is -0.403 e. The van der Waals surface area contributed by atoms with Gasteiger partial charge in [0.1, 0.15) is 0 Å². The lowest BCUT2D eigenvalue weighted by Gasteiger charge is -2.32. The van der Waals surface area contributed by atoms with E-state index in [1.54, 1.807) is 0 Å². The zero-order valence-electron chi connectivity index (χ0n) is 13.8. The molecule has 1 amide bonds. The summed E-state index contributed by atoms with van der Waals surface area (Å²) < 4.78 is 12.3. The molecule has 3 heterocycles. The van der Waals surface area contributed by atoms with Crippen molar-refractivity contribution in [1.82, 2.24) is 4.90 Å². The van der Waals surface area contributed by atoms with Gasteiger partial charge in [-0.25, -0.2) is 0 Å². The molecule has 0 aliphatic carbocycles. The quantitative estimate of drug-likeness (QED) is 0.783. The van der Waals surface area contributed by atoms with Crippen LogP contribution in [0.15, 0.2) is 17.5 Å². The van der Waals surface area contributed by atoms with E-state index in [2.05, 4.69) is 27.7 Å². The van der Waals surface area contributed by atoms with Crippen LogP contribution < -0.4 is 0 Å². The molecular weight excluding hydrogens is 297 g/mol. The Morgan fingerprint density at radius 1 is 1.23 bits per heavy atom. The first-order chi connectivity index (χ1) is 10.3. The molecule has 3 rings (SSSR count). The first-order valence-electron chi connectivity index (χ1n) is 7.98. The van der Waals surface area contributed by atoms with E-state index < -0.39 is 0 Å². The molecule has 0 aromatic carbocycles. The smallest absolute Gasteiger partial charge is 0.403 e. The van der Waals surface area contributed by atoms with Gasteiger partial charge in [-0.3, -0.25) is 4.79 Å². The van der Waals surface area contributed by atoms with Gasteiger partial charge in [0, 0.05) is 13.1 Å². The molecule has 2 aliphatic rings. The Labute approximate surface area is 136 Å². The number of rotatable bonds is 2. The Kier molecular flexibility index (Phi) is 4.12. The van der Waals surface area contributed by atoms with Crippen LogP contribution in [0.3, 0.4) is 0 Å². The fourth-order valence-electron chi connectivity index (χ4n) is 3.01. The predicted molar refractivity (Wildman–Crippen MR) is 89.3 cm³/mol. The molecular formula is C16H24BNO3S. The molecule has 0 bridgehead atoms. The van der Waals surface area contributed by atoms with Crippen LogP contribution in [0.4, 0.5) is 0 Å². The number of thiophene rings is 1. The molecule has 2 saturated heterocycles. The molecule has 120 valence electrons. The molecule has 6 heteroatoms. The highest BCUT2D eigenvalue weighted by Gasteiger charge is 2.53. The van der Waals surface area contributed by atoms with Crippen LogP contribution in [-0.4, -0.2) is 42.2 Å². The predicted octanol–water partition coefficient (Wildman–Crippen LogP) is 3.45. The highest BCUT2D eigenvalue weighted by Crippen LogP contribution is 2.42. The van der Waals surface area contributed by atoms with Gasteiger partial charge in [-0.05, 0) is 57.8 Å². The van der Waals surface area contributed by atoms with Gasteiger partial charge in [0.15, 0.2) is 0 Å². The number of hydrogen-bond acceptors (Lipinski definition) is 4. The van der Waals surface area contributed by atoms with E-state index in [1.807, 2.05) is 22.4 Å². The molecule has 1 aromatic rings. The molecule has 22 heavy (non-hydrogen) atoms. The Morgan fingerprint density at radius 2 is 1.82 bits per heavy atom. The van der Waals surface area contributed by atoms with E-state index in [0.717, 1.165) is 30.8 Å². The lowest BCUT2D eigenvalue weighted by atomic mass is 9.67. The van der Waals surface area contributed by atoms with Crippen molar-refractivity contribution in [3.05, 3.63) is 22.4 Å². The Balaban J connectivity index is 1.58. The first-order valence-corrected chi connectivity index (χ1v) is 8.86. The lowest BCUT2D eigenvalue weighted by Crippen LogP contribution is -2.41. The summed E-state index contributed by atoms with van der Waals surface area (Å²) in [6.45, 7) is 9.91. The second kappa shape index (κ2) is 5.66. The summed E-state index contributed by atoms with van der Waals surface area (Å²) in [5.74, 6) is 0.524. The van der Waals surface area contributed by atoms with Gasteiger partial charge in [-0.2, -0.15) is 0 Å². The summed E-state index contributed by atoms with van der Waals surface area (Å²) in [6, 6.07) is 3.82. The monoisotopic (exact) mass is 321 g/mol. The second-order valence-corrected chi connectivity index (χ2v) is 8.18. The van der Waals surface area contributed by atoms with E-state index in [1.165, 1.54) is 11.3 Å². The Bertz CT molecular complexity index is 520. The zero-order chi connectivity index (χ0) is 16.0. The van der Waals surface area contributed by atoms with Gasteiger partial charge in [0.2, 0.25) is 0 Å². The number of carbonyl (C=O) groups excluding carboxylic acids is 1. The van der Waals surface area contributed by atoms with E-state index >= 15 is 0 Å². The van der Waals surface area contributed by atoms with Crippen LogP contribution in [0, 0.1) is 0 Å². The summed E-state index contributed by atoms with van der Waals surface area (Å²) in [4.78, 5) is 15.1. The van der Waals surface area contributed by atoms with Crippen molar-refractivity contribution in [3.63, 3.8) is 0 Å².